The van der Waals surface area contributed by atoms with Crippen molar-refractivity contribution in [1.29, 1.82) is 0 Å². The molecule has 0 spiro atoms. The minimum atomic E-state index is -0.665. The van der Waals surface area contributed by atoms with Gasteiger partial charge < -0.3 is 15.5 Å². The summed E-state index contributed by atoms with van der Waals surface area (Å²) >= 11 is 6.03. The third kappa shape index (κ3) is 3.88. The van der Waals surface area contributed by atoms with E-state index in [0.717, 1.165) is 25.7 Å². The highest BCUT2D eigenvalue weighted by Crippen LogP contribution is 2.33. The minimum Gasteiger partial charge on any atom is -0.506 e. The molecule has 1 saturated carbocycles. The summed E-state index contributed by atoms with van der Waals surface area (Å²) in [5, 5.41) is 23.7. The number of pyridine rings is 1. The fourth-order valence-corrected chi connectivity index (χ4v) is 3.71. The van der Waals surface area contributed by atoms with E-state index in [4.69, 9.17) is 11.6 Å². The van der Waals surface area contributed by atoms with Crippen molar-refractivity contribution in [2.24, 2.45) is 5.92 Å². The first kappa shape index (κ1) is 18.0. The predicted octanol–water partition coefficient (Wildman–Crippen LogP) is 3.65. The highest BCUT2D eigenvalue weighted by Gasteiger charge is 2.31. The van der Waals surface area contributed by atoms with Gasteiger partial charge in [0.25, 0.3) is 5.91 Å². The second-order valence-electron chi connectivity index (χ2n) is 7.37. The van der Waals surface area contributed by atoms with E-state index >= 15 is 0 Å². The Morgan fingerprint density at radius 1 is 1.28 bits per heavy atom. The molecule has 1 fully saturated rings. The number of aromatic hydroxyl groups is 1. The van der Waals surface area contributed by atoms with Gasteiger partial charge in [0.1, 0.15) is 10.8 Å². The van der Waals surface area contributed by atoms with E-state index in [2.05, 4.69) is 10.3 Å². The number of phenolic OH excluding ortho intramolecular Hbond substituents is 1. The Morgan fingerprint density at radius 3 is 2.60 bits per heavy atom. The maximum absolute atomic E-state index is 12.5. The van der Waals surface area contributed by atoms with Gasteiger partial charge in [-0.1, -0.05) is 11.6 Å². The first-order valence-corrected chi connectivity index (χ1v) is 8.94. The van der Waals surface area contributed by atoms with Gasteiger partial charge in [-0.15, -0.1) is 0 Å². The van der Waals surface area contributed by atoms with E-state index in [1.54, 1.807) is 12.1 Å². The van der Waals surface area contributed by atoms with Crippen molar-refractivity contribution in [3.63, 3.8) is 0 Å². The molecule has 0 atom stereocenters. The van der Waals surface area contributed by atoms with E-state index in [1.807, 2.05) is 13.8 Å². The van der Waals surface area contributed by atoms with Crippen LogP contribution in [-0.4, -0.2) is 32.7 Å². The zero-order chi connectivity index (χ0) is 18.2. The van der Waals surface area contributed by atoms with Crippen LogP contribution in [0, 0.1) is 5.92 Å². The standard InChI is InChI=1S/C19H23ClN2O3/c1-19(2,25)13-4-6-14(7-5-13)22-18(24)12-9-11-3-8-15(23)16(20)17(11)21-10-12/h3,8-10,13-14,23,25H,4-7H2,1-2H3,(H,22,24)/t13-,14-. The van der Waals surface area contributed by atoms with Crippen LogP contribution in [0.4, 0.5) is 0 Å². The number of benzene rings is 1. The molecular weight excluding hydrogens is 340 g/mol. The smallest absolute Gasteiger partial charge is 0.253 e. The summed E-state index contributed by atoms with van der Waals surface area (Å²) in [5.41, 5.74) is 0.282. The average molecular weight is 363 g/mol. The number of hydrogen-bond donors (Lipinski definition) is 3. The monoisotopic (exact) mass is 362 g/mol. The number of amides is 1. The van der Waals surface area contributed by atoms with Crippen molar-refractivity contribution >= 4 is 28.4 Å². The molecule has 1 amide bonds. The Hall–Kier alpha value is -1.85. The maximum Gasteiger partial charge on any atom is 0.253 e. The van der Waals surface area contributed by atoms with Crippen molar-refractivity contribution in [3.8, 4) is 5.75 Å². The topological polar surface area (TPSA) is 82.5 Å². The Balaban J connectivity index is 1.68. The third-order valence-corrected chi connectivity index (χ3v) is 5.47. The number of carbonyl (C=O) groups excluding carboxylic acids is 1. The quantitative estimate of drug-likeness (QED) is 0.778. The molecule has 1 aromatic carbocycles. The molecule has 134 valence electrons. The van der Waals surface area contributed by atoms with Crippen LogP contribution in [-0.2, 0) is 0 Å². The molecule has 3 N–H and O–H groups in total. The molecule has 25 heavy (non-hydrogen) atoms. The molecular formula is C19H23ClN2O3. The van der Waals surface area contributed by atoms with Crippen molar-refractivity contribution in [2.75, 3.05) is 0 Å². The molecule has 0 bridgehead atoms. The van der Waals surface area contributed by atoms with Gasteiger partial charge in [-0.3, -0.25) is 9.78 Å². The number of carbonyl (C=O) groups is 1. The minimum absolute atomic E-state index is 0.0255. The number of hydrogen-bond acceptors (Lipinski definition) is 4. The largest absolute Gasteiger partial charge is 0.506 e. The van der Waals surface area contributed by atoms with E-state index in [0.29, 0.717) is 16.5 Å². The molecule has 1 aromatic heterocycles. The average Bonchev–Trinajstić information content (AvgIpc) is 2.57. The fraction of sp³-hybridized carbons (Fsp3) is 0.474. The van der Waals surface area contributed by atoms with Gasteiger partial charge in [0.15, 0.2) is 0 Å². The molecule has 3 rings (SSSR count). The van der Waals surface area contributed by atoms with Crippen molar-refractivity contribution in [2.45, 2.75) is 51.2 Å². The van der Waals surface area contributed by atoms with Gasteiger partial charge in [-0.05, 0) is 63.6 Å². The lowest BCUT2D eigenvalue weighted by molar-refractivity contribution is -0.00257. The van der Waals surface area contributed by atoms with Gasteiger partial charge >= 0.3 is 0 Å². The Labute approximate surface area is 152 Å². The molecule has 0 radical (unpaired) electrons. The van der Waals surface area contributed by atoms with E-state index in [1.165, 1.54) is 12.3 Å². The molecule has 0 unspecified atom stereocenters. The third-order valence-electron chi connectivity index (χ3n) is 5.09. The summed E-state index contributed by atoms with van der Waals surface area (Å²) in [7, 11) is 0. The second-order valence-corrected chi connectivity index (χ2v) is 7.75. The van der Waals surface area contributed by atoms with Crippen LogP contribution in [0.25, 0.3) is 10.9 Å². The zero-order valence-electron chi connectivity index (χ0n) is 14.4. The van der Waals surface area contributed by atoms with Crippen LogP contribution in [0.3, 0.4) is 0 Å². The summed E-state index contributed by atoms with van der Waals surface area (Å²) < 4.78 is 0. The highest BCUT2D eigenvalue weighted by atomic mass is 35.5. The Kier molecular flexibility index (Phi) is 4.89. The second kappa shape index (κ2) is 6.81. The summed E-state index contributed by atoms with van der Waals surface area (Å²) in [6, 6.07) is 5.02. The number of nitrogens with zero attached hydrogens (tertiary/aromatic N) is 1. The zero-order valence-corrected chi connectivity index (χ0v) is 15.2. The molecule has 1 aliphatic carbocycles. The van der Waals surface area contributed by atoms with Crippen LogP contribution in [0.15, 0.2) is 24.4 Å². The van der Waals surface area contributed by atoms with Crippen LogP contribution in [0.1, 0.15) is 49.9 Å². The number of rotatable bonds is 3. The van der Waals surface area contributed by atoms with Crippen molar-refractivity contribution < 1.29 is 15.0 Å². The molecule has 6 heteroatoms. The van der Waals surface area contributed by atoms with E-state index < -0.39 is 5.60 Å². The van der Waals surface area contributed by atoms with E-state index in [-0.39, 0.29) is 28.6 Å². The van der Waals surface area contributed by atoms with Crippen LogP contribution in [0.2, 0.25) is 5.02 Å². The van der Waals surface area contributed by atoms with Crippen LogP contribution in [0.5, 0.6) is 5.75 Å². The summed E-state index contributed by atoms with van der Waals surface area (Å²) in [6.07, 6.45) is 5.01. The molecule has 2 aromatic rings. The number of nitrogens with one attached hydrogen (secondary N) is 1. The van der Waals surface area contributed by atoms with Crippen molar-refractivity contribution in [1.82, 2.24) is 10.3 Å². The molecule has 0 aliphatic heterocycles. The molecule has 0 saturated heterocycles. The van der Waals surface area contributed by atoms with Gasteiger partial charge in [0.05, 0.1) is 16.7 Å². The Morgan fingerprint density at radius 2 is 1.96 bits per heavy atom. The number of fused-ring (bicyclic) bond motifs is 1. The first-order valence-electron chi connectivity index (χ1n) is 8.56. The summed E-state index contributed by atoms with van der Waals surface area (Å²) in [4.78, 5) is 16.7. The van der Waals surface area contributed by atoms with Gasteiger partial charge in [0.2, 0.25) is 0 Å². The summed E-state index contributed by atoms with van der Waals surface area (Å²) in [5.74, 6) is 0.0885. The fourth-order valence-electron chi connectivity index (χ4n) is 3.49. The Bertz CT molecular complexity index is 793. The van der Waals surface area contributed by atoms with Gasteiger partial charge in [0, 0.05) is 17.6 Å². The van der Waals surface area contributed by atoms with Gasteiger partial charge in [-0.25, -0.2) is 0 Å². The van der Waals surface area contributed by atoms with Gasteiger partial charge in [-0.2, -0.15) is 0 Å². The molecule has 5 nitrogen and oxygen atoms in total. The highest BCUT2D eigenvalue weighted by molar-refractivity contribution is 6.36. The molecule has 1 aliphatic rings. The lowest BCUT2D eigenvalue weighted by Crippen LogP contribution is -2.41. The number of phenols is 1. The van der Waals surface area contributed by atoms with Crippen LogP contribution < -0.4 is 5.32 Å². The first-order chi connectivity index (χ1) is 11.8. The predicted molar refractivity (Wildman–Crippen MR) is 97.9 cm³/mol. The van der Waals surface area contributed by atoms with Crippen LogP contribution >= 0.6 is 11.6 Å². The SMILES string of the molecule is CC(C)(O)[C@H]1CC[C@H](NC(=O)c2cnc3c(Cl)c(O)ccc3c2)CC1. The lowest BCUT2D eigenvalue weighted by Gasteiger charge is -2.36. The van der Waals surface area contributed by atoms with Crippen molar-refractivity contribution in [3.05, 3.63) is 35.0 Å². The van der Waals surface area contributed by atoms with E-state index in [9.17, 15) is 15.0 Å². The normalized spacial score (nSPS) is 21.3. The lowest BCUT2D eigenvalue weighted by atomic mass is 9.77. The molecule has 1 heterocycles. The summed E-state index contributed by atoms with van der Waals surface area (Å²) in [6.45, 7) is 3.69. The number of halogens is 1. The number of aromatic nitrogens is 1. The maximum atomic E-state index is 12.5. The number of aliphatic hydroxyl groups is 1.